The third-order valence-electron chi connectivity index (χ3n) is 6.67. The van der Waals surface area contributed by atoms with Crippen LogP contribution in [0.3, 0.4) is 0 Å². The number of benzene rings is 3. The standard InChI is InChI=1S/C29H25FN6O6S/c30-19-11-9-18(10-12-19)17-24-28(38)35(29(39)43-24)16-6-2-1-5-15-31-27(37)20-7-3-4-8-21(20)32-22-13-14-23(36(40)41)26-25(22)33-42-34-26/h3-4,7-14,17,32H,1-2,5-6,15-16H2,(H,31,37)/b24-17-. The van der Waals surface area contributed by atoms with E-state index in [-0.39, 0.29) is 39.6 Å². The highest BCUT2D eigenvalue weighted by molar-refractivity contribution is 8.18. The van der Waals surface area contributed by atoms with Crippen molar-refractivity contribution in [1.82, 2.24) is 20.5 Å². The highest BCUT2D eigenvalue weighted by Crippen LogP contribution is 2.33. The van der Waals surface area contributed by atoms with Gasteiger partial charge in [-0.2, -0.15) is 0 Å². The van der Waals surface area contributed by atoms with E-state index in [0.717, 1.165) is 24.6 Å². The van der Waals surface area contributed by atoms with E-state index in [4.69, 9.17) is 4.63 Å². The number of fused-ring (bicyclic) bond motifs is 1. The number of anilines is 2. The molecule has 0 spiro atoms. The first kappa shape index (κ1) is 29.4. The minimum absolute atomic E-state index is 0.00365. The van der Waals surface area contributed by atoms with Gasteiger partial charge in [0.25, 0.3) is 17.1 Å². The number of halogens is 1. The van der Waals surface area contributed by atoms with Gasteiger partial charge in [0, 0.05) is 19.2 Å². The number of non-ortho nitro benzene ring substituents is 1. The number of rotatable bonds is 12. The minimum atomic E-state index is -0.576. The second-order valence-corrected chi connectivity index (χ2v) is 10.6. The molecule has 4 aromatic rings. The quantitative estimate of drug-likeness (QED) is 0.0844. The molecule has 0 saturated carbocycles. The molecule has 3 amide bonds. The maximum Gasteiger partial charge on any atom is 0.300 e. The molecule has 1 saturated heterocycles. The van der Waals surface area contributed by atoms with Crippen molar-refractivity contribution >= 4 is 63.0 Å². The fourth-order valence-corrected chi connectivity index (χ4v) is 5.35. The summed E-state index contributed by atoms with van der Waals surface area (Å²) in [6.45, 7) is 0.720. The Labute approximate surface area is 248 Å². The van der Waals surface area contributed by atoms with Crippen molar-refractivity contribution < 1.29 is 28.3 Å². The summed E-state index contributed by atoms with van der Waals surface area (Å²) in [4.78, 5) is 50.1. The summed E-state index contributed by atoms with van der Waals surface area (Å²) in [6.07, 6.45) is 4.44. The van der Waals surface area contributed by atoms with Crippen LogP contribution in [0.25, 0.3) is 17.1 Å². The topological polar surface area (TPSA) is 161 Å². The molecule has 0 radical (unpaired) electrons. The van der Waals surface area contributed by atoms with Gasteiger partial charge in [-0.15, -0.1) is 0 Å². The van der Waals surface area contributed by atoms with Crippen LogP contribution >= 0.6 is 11.8 Å². The van der Waals surface area contributed by atoms with E-state index >= 15 is 0 Å². The van der Waals surface area contributed by atoms with Crippen molar-refractivity contribution in [2.75, 3.05) is 18.4 Å². The number of amides is 3. The Morgan fingerprint density at radius 1 is 0.977 bits per heavy atom. The van der Waals surface area contributed by atoms with Crippen molar-refractivity contribution in [3.05, 3.63) is 92.6 Å². The van der Waals surface area contributed by atoms with Crippen molar-refractivity contribution in [3.8, 4) is 0 Å². The van der Waals surface area contributed by atoms with Crippen LogP contribution in [0.5, 0.6) is 0 Å². The number of para-hydroxylation sites is 1. The van der Waals surface area contributed by atoms with Crippen LogP contribution in [0.1, 0.15) is 41.6 Å². The van der Waals surface area contributed by atoms with Crippen LogP contribution in [0, 0.1) is 15.9 Å². The number of unbranched alkanes of at least 4 members (excludes halogenated alkanes) is 3. The van der Waals surface area contributed by atoms with Gasteiger partial charge in [-0.3, -0.25) is 29.4 Å². The molecule has 2 heterocycles. The Kier molecular flexibility index (Phi) is 9.05. The third kappa shape index (κ3) is 6.86. The first-order chi connectivity index (χ1) is 20.8. The fourth-order valence-electron chi connectivity index (χ4n) is 4.49. The zero-order valence-electron chi connectivity index (χ0n) is 22.6. The van der Waals surface area contributed by atoms with Gasteiger partial charge in [0.15, 0.2) is 5.52 Å². The van der Waals surface area contributed by atoms with E-state index in [1.807, 2.05) is 0 Å². The summed E-state index contributed by atoms with van der Waals surface area (Å²) in [5.74, 6) is -1.03. The number of aromatic nitrogens is 2. The van der Waals surface area contributed by atoms with Gasteiger partial charge in [-0.1, -0.05) is 37.1 Å². The Bertz CT molecular complexity index is 1720. The lowest BCUT2D eigenvalue weighted by Crippen LogP contribution is -2.29. The molecule has 12 nitrogen and oxygen atoms in total. The number of nitro benzene ring substituents is 1. The average Bonchev–Trinajstić information content (AvgIpc) is 3.59. The van der Waals surface area contributed by atoms with Crippen molar-refractivity contribution in [2.24, 2.45) is 0 Å². The molecule has 5 rings (SSSR count). The number of nitro groups is 1. The molecule has 1 aromatic heterocycles. The summed E-state index contributed by atoms with van der Waals surface area (Å²) in [5, 5.41) is 24.3. The SMILES string of the molecule is O=C(NCCCCCCN1C(=O)S/C(=C\c2ccc(F)cc2)C1=O)c1ccccc1Nc1ccc([N+](=O)[O-])c2nonc12. The fraction of sp³-hybridized carbons (Fsp3) is 0.207. The molecular formula is C29H25FN6O6S. The molecule has 1 aliphatic rings. The van der Waals surface area contributed by atoms with Crippen molar-refractivity contribution in [2.45, 2.75) is 25.7 Å². The van der Waals surface area contributed by atoms with E-state index < -0.39 is 4.92 Å². The number of thioether (sulfide) groups is 1. The van der Waals surface area contributed by atoms with Gasteiger partial charge in [0.05, 0.1) is 26.8 Å². The minimum Gasteiger partial charge on any atom is -0.353 e. The number of hydrogen-bond donors (Lipinski definition) is 2. The summed E-state index contributed by atoms with van der Waals surface area (Å²) in [5.41, 5.74) is 1.81. The monoisotopic (exact) mass is 604 g/mol. The lowest BCUT2D eigenvalue weighted by atomic mass is 10.1. The molecule has 14 heteroatoms. The predicted octanol–water partition coefficient (Wildman–Crippen LogP) is 6.04. The molecule has 43 heavy (non-hydrogen) atoms. The number of carbonyl (C=O) groups excluding carboxylic acids is 3. The van der Waals surface area contributed by atoms with E-state index in [1.54, 1.807) is 42.5 Å². The first-order valence-corrected chi connectivity index (χ1v) is 14.2. The lowest BCUT2D eigenvalue weighted by Gasteiger charge is -2.13. The molecule has 0 unspecified atom stereocenters. The molecule has 220 valence electrons. The van der Waals surface area contributed by atoms with E-state index in [0.29, 0.717) is 53.3 Å². The van der Waals surface area contributed by atoms with Gasteiger partial charge in [-0.25, -0.2) is 9.02 Å². The zero-order valence-corrected chi connectivity index (χ0v) is 23.4. The molecule has 0 bridgehead atoms. The Morgan fingerprint density at radius 2 is 1.72 bits per heavy atom. The van der Waals surface area contributed by atoms with Crippen LogP contribution in [-0.4, -0.2) is 50.3 Å². The smallest absolute Gasteiger partial charge is 0.300 e. The first-order valence-electron chi connectivity index (χ1n) is 13.4. The van der Waals surface area contributed by atoms with E-state index in [2.05, 4.69) is 20.9 Å². The van der Waals surface area contributed by atoms with Gasteiger partial charge in [0.1, 0.15) is 5.82 Å². The van der Waals surface area contributed by atoms with Gasteiger partial charge < -0.3 is 10.6 Å². The van der Waals surface area contributed by atoms with Crippen LogP contribution < -0.4 is 10.6 Å². The Hall–Kier alpha value is -5.11. The highest BCUT2D eigenvalue weighted by Gasteiger charge is 2.34. The van der Waals surface area contributed by atoms with Crippen LogP contribution in [0.15, 0.2) is 70.2 Å². The number of nitrogens with zero attached hydrogens (tertiary/aromatic N) is 4. The van der Waals surface area contributed by atoms with Crippen LogP contribution in [0.2, 0.25) is 0 Å². The summed E-state index contributed by atoms with van der Waals surface area (Å²) < 4.78 is 17.8. The molecule has 2 N–H and O–H groups in total. The average molecular weight is 605 g/mol. The highest BCUT2D eigenvalue weighted by atomic mass is 32.2. The summed E-state index contributed by atoms with van der Waals surface area (Å²) in [6, 6.07) is 15.3. The second-order valence-electron chi connectivity index (χ2n) is 9.58. The molecule has 1 aliphatic heterocycles. The van der Waals surface area contributed by atoms with Gasteiger partial charge in [-0.05, 0) is 76.9 Å². The summed E-state index contributed by atoms with van der Waals surface area (Å²) in [7, 11) is 0. The van der Waals surface area contributed by atoms with E-state index in [9.17, 15) is 28.9 Å². The molecule has 0 atom stereocenters. The van der Waals surface area contributed by atoms with Gasteiger partial charge >= 0.3 is 5.69 Å². The Balaban J connectivity index is 1.08. The lowest BCUT2D eigenvalue weighted by molar-refractivity contribution is -0.383. The maximum atomic E-state index is 13.1. The van der Waals surface area contributed by atoms with Crippen LogP contribution in [-0.2, 0) is 4.79 Å². The van der Waals surface area contributed by atoms with E-state index in [1.165, 1.54) is 29.2 Å². The third-order valence-corrected chi connectivity index (χ3v) is 7.57. The van der Waals surface area contributed by atoms with Crippen molar-refractivity contribution in [3.63, 3.8) is 0 Å². The number of imide groups is 1. The zero-order chi connectivity index (χ0) is 30.3. The maximum absolute atomic E-state index is 13.1. The summed E-state index contributed by atoms with van der Waals surface area (Å²) >= 11 is 0.872. The molecule has 0 aliphatic carbocycles. The second kappa shape index (κ2) is 13.2. The molecular weight excluding hydrogens is 579 g/mol. The predicted molar refractivity (Wildman–Crippen MR) is 158 cm³/mol. The van der Waals surface area contributed by atoms with Crippen molar-refractivity contribution in [1.29, 1.82) is 0 Å². The number of hydrogen-bond acceptors (Lipinski definition) is 10. The van der Waals surface area contributed by atoms with Crippen LogP contribution in [0.4, 0.5) is 26.2 Å². The molecule has 3 aromatic carbocycles. The number of nitrogens with one attached hydrogen (secondary N) is 2. The van der Waals surface area contributed by atoms with Gasteiger partial charge in [0.2, 0.25) is 5.52 Å². The molecule has 1 fully saturated rings. The normalized spacial score (nSPS) is 14.1. The largest absolute Gasteiger partial charge is 0.353 e. The Morgan fingerprint density at radius 3 is 2.51 bits per heavy atom. The number of carbonyl (C=O) groups is 3.